The smallest absolute Gasteiger partial charge is 0.129 e. The Balaban J connectivity index is 2.96. The minimum absolute atomic E-state index is 0.0326. The lowest BCUT2D eigenvalue weighted by Gasteiger charge is -1.98. The van der Waals surface area contributed by atoms with E-state index in [9.17, 15) is 0 Å². The molecular formula is C13H9ClN2. The summed E-state index contributed by atoms with van der Waals surface area (Å²) in [6.45, 7) is 1.99. The SMILES string of the molecule is Cc1ccc(/C(Cl)=C/C=C(C#N)C#N)cc1. The Morgan fingerprint density at radius 2 is 1.69 bits per heavy atom. The van der Waals surface area contributed by atoms with Crippen LogP contribution in [0.3, 0.4) is 0 Å². The zero-order chi connectivity index (χ0) is 12.0. The summed E-state index contributed by atoms with van der Waals surface area (Å²) in [5.74, 6) is 0. The molecule has 3 heteroatoms. The molecule has 0 N–H and O–H groups in total. The molecule has 16 heavy (non-hydrogen) atoms. The molecule has 0 saturated carbocycles. The van der Waals surface area contributed by atoms with Crippen LogP contribution in [0.1, 0.15) is 11.1 Å². The third kappa shape index (κ3) is 3.28. The van der Waals surface area contributed by atoms with Crippen molar-refractivity contribution in [2.45, 2.75) is 6.92 Å². The highest BCUT2D eigenvalue weighted by Crippen LogP contribution is 2.19. The van der Waals surface area contributed by atoms with Crippen LogP contribution >= 0.6 is 11.6 Å². The maximum Gasteiger partial charge on any atom is 0.129 e. The zero-order valence-electron chi connectivity index (χ0n) is 8.74. The Morgan fingerprint density at radius 3 is 2.19 bits per heavy atom. The summed E-state index contributed by atoms with van der Waals surface area (Å²) in [5.41, 5.74) is 2.04. The number of nitrogens with zero attached hydrogens (tertiary/aromatic N) is 2. The second-order valence-electron chi connectivity index (χ2n) is 3.18. The van der Waals surface area contributed by atoms with E-state index in [-0.39, 0.29) is 5.57 Å². The fourth-order valence-electron chi connectivity index (χ4n) is 1.07. The van der Waals surface area contributed by atoms with E-state index in [1.165, 1.54) is 6.08 Å². The lowest BCUT2D eigenvalue weighted by Crippen LogP contribution is -1.78. The fraction of sp³-hybridized carbons (Fsp3) is 0.0769. The van der Waals surface area contributed by atoms with E-state index in [0.29, 0.717) is 5.03 Å². The number of rotatable bonds is 2. The van der Waals surface area contributed by atoms with E-state index in [1.54, 1.807) is 18.2 Å². The summed E-state index contributed by atoms with van der Waals surface area (Å²) in [7, 11) is 0. The molecule has 1 aromatic rings. The van der Waals surface area contributed by atoms with Gasteiger partial charge in [0.25, 0.3) is 0 Å². The van der Waals surface area contributed by atoms with Crippen molar-refractivity contribution < 1.29 is 0 Å². The highest BCUT2D eigenvalue weighted by molar-refractivity contribution is 6.48. The first kappa shape index (κ1) is 12.0. The van der Waals surface area contributed by atoms with Crippen molar-refractivity contribution in [3.05, 3.63) is 53.1 Å². The van der Waals surface area contributed by atoms with E-state index in [1.807, 2.05) is 31.2 Å². The number of aryl methyl sites for hydroxylation is 1. The van der Waals surface area contributed by atoms with Crippen molar-refractivity contribution in [3.8, 4) is 12.1 Å². The molecular weight excluding hydrogens is 220 g/mol. The summed E-state index contributed by atoms with van der Waals surface area (Å²) in [5, 5.41) is 17.6. The second-order valence-corrected chi connectivity index (χ2v) is 3.59. The van der Waals surface area contributed by atoms with Gasteiger partial charge in [-0.2, -0.15) is 10.5 Å². The van der Waals surface area contributed by atoms with Crippen molar-refractivity contribution in [1.29, 1.82) is 10.5 Å². The van der Waals surface area contributed by atoms with E-state index in [4.69, 9.17) is 22.1 Å². The Hall–Kier alpha value is -2.03. The van der Waals surface area contributed by atoms with Crippen LogP contribution in [0.5, 0.6) is 0 Å². The number of hydrogen-bond donors (Lipinski definition) is 0. The van der Waals surface area contributed by atoms with Gasteiger partial charge >= 0.3 is 0 Å². The third-order valence-corrected chi connectivity index (χ3v) is 2.31. The highest BCUT2D eigenvalue weighted by atomic mass is 35.5. The first-order valence-electron chi connectivity index (χ1n) is 4.62. The minimum atomic E-state index is 0.0326. The second kappa shape index (κ2) is 5.75. The monoisotopic (exact) mass is 228 g/mol. The largest absolute Gasteiger partial charge is 0.192 e. The maximum absolute atomic E-state index is 8.53. The lowest BCUT2D eigenvalue weighted by molar-refractivity contribution is 1.46. The van der Waals surface area contributed by atoms with Crippen LogP contribution < -0.4 is 0 Å². The molecule has 0 saturated heterocycles. The zero-order valence-corrected chi connectivity index (χ0v) is 9.49. The van der Waals surface area contributed by atoms with Gasteiger partial charge in [0.05, 0.1) is 0 Å². The minimum Gasteiger partial charge on any atom is -0.192 e. The van der Waals surface area contributed by atoms with Gasteiger partial charge in [0.1, 0.15) is 17.7 Å². The maximum atomic E-state index is 8.53. The van der Waals surface area contributed by atoms with Crippen molar-refractivity contribution in [2.24, 2.45) is 0 Å². The van der Waals surface area contributed by atoms with Gasteiger partial charge < -0.3 is 0 Å². The molecule has 0 spiro atoms. The predicted molar refractivity (Wildman–Crippen MR) is 64.3 cm³/mol. The van der Waals surface area contributed by atoms with Crippen LogP contribution in [0.4, 0.5) is 0 Å². The van der Waals surface area contributed by atoms with Crippen LogP contribution in [-0.4, -0.2) is 0 Å². The molecule has 78 valence electrons. The number of benzene rings is 1. The quantitative estimate of drug-likeness (QED) is 0.574. The van der Waals surface area contributed by atoms with Crippen LogP contribution in [-0.2, 0) is 0 Å². The Kier molecular flexibility index (Phi) is 4.33. The summed E-state index contributed by atoms with van der Waals surface area (Å²) >= 11 is 6.01. The Bertz CT molecular complexity index is 494. The standard InChI is InChI=1S/C13H9ClN2/c1-10-2-5-12(6-3-10)13(14)7-4-11(8-15)9-16/h2-7H,1H3/b13-7-. The molecule has 1 rings (SSSR count). The number of nitriles is 2. The first-order valence-corrected chi connectivity index (χ1v) is 5.00. The normalized spacial score (nSPS) is 10.1. The molecule has 0 heterocycles. The van der Waals surface area contributed by atoms with E-state index < -0.39 is 0 Å². The average molecular weight is 229 g/mol. The van der Waals surface area contributed by atoms with Gasteiger partial charge in [-0.25, -0.2) is 0 Å². The topological polar surface area (TPSA) is 47.6 Å². The molecule has 0 atom stereocenters. The predicted octanol–water partition coefficient (Wildman–Crippen LogP) is 3.55. The van der Waals surface area contributed by atoms with Gasteiger partial charge in [0.15, 0.2) is 0 Å². The van der Waals surface area contributed by atoms with E-state index >= 15 is 0 Å². The van der Waals surface area contributed by atoms with E-state index in [0.717, 1.165) is 11.1 Å². The molecule has 0 aromatic heterocycles. The van der Waals surface area contributed by atoms with Gasteiger partial charge in [-0.3, -0.25) is 0 Å². The summed E-state index contributed by atoms with van der Waals surface area (Å²) < 4.78 is 0. The van der Waals surface area contributed by atoms with Crippen LogP contribution in [0, 0.1) is 29.6 Å². The highest BCUT2D eigenvalue weighted by Gasteiger charge is 1.96. The molecule has 0 aliphatic carbocycles. The number of hydrogen-bond acceptors (Lipinski definition) is 2. The van der Waals surface area contributed by atoms with Crippen molar-refractivity contribution in [3.63, 3.8) is 0 Å². The molecule has 0 aliphatic heterocycles. The lowest BCUT2D eigenvalue weighted by atomic mass is 10.1. The van der Waals surface area contributed by atoms with Gasteiger partial charge in [-0.15, -0.1) is 0 Å². The fourth-order valence-corrected chi connectivity index (χ4v) is 1.25. The molecule has 0 fully saturated rings. The summed E-state index contributed by atoms with van der Waals surface area (Å²) in [4.78, 5) is 0. The molecule has 1 aromatic carbocycles. The van der Waals surface area contributed by atoms with Crippen molar-refractivity contribution in [2.75, 3.05) is 0 Å². The Labute approximate surface area is 99.7 Å². The van der Waals surface area contributed by atoms with Crippen LogP contribution in [0.15, 0.2) is 42.0 Å². The van der Waals surface area contributed by atoms with E-state index in [2.05, 4.69) is 0 Å². The molecule has 0 aliphatic rings. The number of halogens is 1. The summed E-state index contributed by atoms with van der Waals surface area (Å²) in [6.07, 6.45) is 2.95. The van der Waals surface area contributed by atoms with Crippen molar-refractivity contribution >= 4 is 16.6 Å². The van der Waals surface area contributed by atoms with Gasteiger partial charge in [0.2, 0.25) is 0 Å². The van der Waals surface area contributed by atoms with Crippen LogP contribution in [0.25, 0.3) is 5.03 Å². The first-order chi connectivity index (χ1) is 7.67. The average Bonchev–Trinajstić information content (AvgIpc) is 2.31. The third-order valence-electron chi connectivity index (χ3n) is 1.96. The van der Waals surface area contributed by atoms with Gasteiger partial charge in [-0.05, 0) is 24.6 Å². The summed E-state index contributed by atoms with van der Waals surface area (Å²) in [6, 6.07) is 11.2. The number of allylic oxidation sites excluding steroid dienone is 3. The van der Waals surface area contributed by atoms with Gasteiger partial charge in [0, 0.05) is 5.03 Å². The molecule has 0 amide bonds. The molecule has 0 unspecified atom stereocenters. The van der Waals surface area contributed by atoms with Crippen LogP contribution in [0.2, 0.25) is 0 Å². The molecule has 0 radical (unpaired) electrons. The Morgan fingerprint density at radius 1 is 1.12 bits per heavy atom. The molecule has 0 bridgehead atoms. The van der Waals surface area contributed by atoms with Gasteiger partial charge in [-0.1, -0.05) is 41.4 Å². The molecule has 2 nitrogen and oxygen atoms in total. The van der Waals surface area contributed by atoms with Crippen molar-refractivity contribution in [1.82, 2.24) is 0 Å².